The second kappa shape index (κ2) is 9.23. The molecule has 126 valence electrons. The van der Waals surface area contributed by atoms with Crippen LogP contribution in [0.1, 0.15) is 15.9 Å². The summed E-state index contributed by atoms with van der Waals surface area (Å²) in [5.41, 5.74) is 2.11. The number of carbonyl (C=O) groups excluding carboxylic acids is 1. The molecular weight excluding hydrogens is 326 g/mol. The van der Waals surface area contributed by atoms with Crippen LogP contribution < -0.4 is 4.90 Å². The van der Waals surface area contributed by atoms with Gasteiger partial charge in [-0.3, -0.25) is 4.79 Å². The number of nitrogens with zero attached hydrogens (tertiary/aromatic N) is 1. The Balaban J connectivity index is 2.18. The second-order valence-electron chi connectivity index (χ2n) is 5.20. The van der Waals surface area contributed by atoms with Crippen LogP contribution in [0.15, 0.2) is 54.6 Å². The highest BCUT2D eigenvalue weighted by atomic mass is 35.5. The molecule has 0 fully saturated rings. The van der Waals surface area contributed by atoms with Crippen molar-refractivity contribution >= 4 is 29.1 Å². The van der Waals surface area contributed by atoms with E-state index in [9.17, 15) is 4.79 Å². The molecule has 0 heterocycles. The van der Waals surface area contributed by atoms with Crippen LogP contribution in [0.3, 0.4) is 0 Å². The van der Waals surface area contributed by atoms with Gasteiger partial charge in [-0.2, -0.15) is 0 Å². The number of aliphatic hydroxyl groups is 2. The van der Waals surface area contributed by atoms with Crippen LogP contribution >= 0.6 is 11.6 Å². The molecule has 0 saturated carbocycles. The SMILES string of the molecule is O=C(/C=C/c1ccccc1Cl)c1cccc(N(CCO)CCO)c1. The number of ketones is 1. The number of allylic oxidation sites excluding steroid dienone is 1. The number of anilines is 1. The average Bonchev–Trinajstić information content (AvgIpc) is 2.61. The van der Waals surface area contributed by atoms with Gasteiger partial charge >= 0.3 is 0 Å². The van der Waals surface area contributed by atoms with Crippen molar-refractivity contribution < 1.29 is 15.0 Å². The fourth-order valence-electron chi connectivity index (χ4n) is 2.34. The van der Waals surface area contributed by atoms with Crippen molar-refractivity contribution in [3.63, 3.8) is 0 Å². The number of benzene rings is 2. The first-order chi connectivity index (χ1) is 11.7. The molecule has 2 N–H and O–H groups in total. The van der Waals surface area contributed by atoms with Gasteiger partial charge in [-0.15, -0.1) is 0 Å². The minimum Gasteiger partial charge on any atom is -0.395 e. The first-order valence-electron chi connectivity index (χ1n) is 7.69. The van der Waals surface area contributed by atoms with E-state index in [2.05, 4.69) is 0 Å². The molecule has 2 rings (SSSR count). The second-order valence-corrected chi connectivity index (χ2v) is 5.61. The van der Waals surface area contributed by atoms with Crippen LogP contribution in [0, 0.1) is 0 Å². The molecule has 24 heavy (non-hydrogen) atoms. The number of aliphatic hydroxyl groups excluding tert-OH is 2. The third-order valence-electron chi connectivity index (χ3n) is 3.56. The minimum absolute atomic E-state index is 0.0232. The van der Waals surface area contributed by atoms with E-state index < -0.39 is 0 Å². The number of carbonyl (C=O) groups is 1. The van der Waals surface area contributed by atoms with Crippen molar-refractivity contribution in [2.75, 3.05) is 31.2 Å². The summed E-state index contributed by atoms with van der Waals surface area (Å²) >= 11 is 6.07. The fourth-order valence-corrected chi connectivity index (χ4v) is 2.54. The molecule has 5 heteroatoms. The van der Waals surface area contributed by atoms with Crippen molar-refractivity contribution in [1.82, 2.24) is 0 Å². The van der Waals surface area contributed by atoms with Gasteiger partial charge in [0.1, 0.15) is 0 Å². The summed E-state index contributed by atoms with van der Waals surface area (Å²) < 4.78 is 0. The molecule has 0 amide bonds. The predicted molar refractivity (Wildman–Crippen MR) is 97.6 cm³/mol. The number of rotatable bonds is 8. The van der Waals surface area contributed by atoms with Gasteiger partial charge in [-0.1, -0.05) is 41.9 Å². The molecule has 0 bridgehead atoms. The van der Waals surface area contributed by atoms with Gasteiger partial charge < -0.3 is 15.1 Å². The molecule has 0 spiro atoms. The van der Waals surface area contributed by atoms with Crippen molar-refractivity contribution in [3.05, 3.63) is 70.8 Å². The molecule has 2 aromatic rings. The topological polar surface area (TPSA) is 60.8 Å². The summed E-state index contributed by atoms with van der Waals surface area (Å²) in [6, 6.07) is 14.4. The Morgan fingerprint density at radius 3 is 2.42 bits per heavy atom. The van der Waals surface area contributed by atoms with E-state index in [1.165, 1.54) is 6.08 Å². The van der Waals surface area contributed by atoms with Crippen LogP contribution in [0.4, 0.5) is 5.69 Å². The fraction of sp³-hybridized carbons (Fsp3) is 0.211. The molecule has 0 aliphatic heterocycles. The lowest BCUT2D eigenvalue weighted by Gasteiger charge is -2.23. The van der Waals surface area contributed by atoms with E-state index in [4.69, 9.17) is 21.8 Å². The standard InChI is InChI=1S/C19H20ClNO3/c20-18-7-2-1-4-15(18)8-9-19(24)16-5-3-6-17(14-16)21(10-12-22)11-13-23/h1-9,14,22-23H,10-13H2/b9-8+. The Morgan fingerprint density at radius 1 is 1.04 bits per heavy atom. The Kier molecular flexibility index (Phi) is 7.00. The molecule has 0 aliphatic rings. The summed E-state index contributed by atoms with van der Waals surface area (Å²) in [6.45, 7) is 0.747. The lowest BCUT2D eigenvalue weighted by atomic mass is 10.1. The molecular formula is C19H20ClNO3. The Labute approximate surface area is 146 Å². The van der Waals surface area contributed by atoms with Crippen molar-refractivity contribution in [2.45, 2.75) is 0 Å². The predicted octanol–water partition coefficient (Wildman–Crippen LogP) is 3.03. The molecule has 0 aromatic heterocycles. The van der Waals surface area contributed by atoms with Crippen LogP contribution in [0.25, 0.3) is 6.08 Å². The summed E-state index contributed by atoms with van der Waals surface area (Å²) in [6.07, 6.45) is 3.18. The van der Waals surface area contributed by atoms with E-state index >= 15 is 0 Å². The molecule has 0 saturated heterocycles. The molecule has 0 atom stereocenters. The molecule has 0 aliphatic carbocycles. The van der Waals surface area contributed by atoms with Crippen LogP contribution in [-0.4, -0.2) is 42.3 Å². The van der Waals surface area contributed by atoms with E-state index in [0.29, 0.717) is 23.7 Å². The Hall–Kier alpha value is -2.14. The third-order valence-corrected chi connectivity index (χ3v) is 3.90. The summed E-state index contributed by atoms with van der Waals surface area (Å²) in [5.74, 6) is -0.135. The first kappa shape index (κ1) is 18.2. The van der Waals surface area contributed by atoms with Crippen molar-refractivity contribution in [1.29, 1.82) is 0 Å². The maximum Gasteiger partial charge on any atom is 0.185 e. The van der Waals surface area contributed by atoms with Gasteiger partial charge in [0.2, 0.25) is 0 Å². The highest BCUT2D eigenvalue weighted by Crippen LogP contribution is 2.19. The number of hydrogen-bond acceptors (Lipinski definition) is 4. The lowest BCUT2D eigenvalue weighted by molar-refractivity contribution is 0.104. The zero-order chi connectivity index (χ0) is 17.4. The maximum absolute atomic E-state index is 12.4. The largest absolute Gasteiger partial charge is 0.395 e. The van der Waals surface area contributed by atoms with Crippen molar-refractivity contribution in [2.24, 2.45) is 0 Å². The van der Waals surface area contributed by atoms with E-state index in [0.717, 1.165) is 11.3 Å². The quantitative estimate of drug-likeness (QED) is 0.570. The van der Waals surface area contributed by atoms with Crippen LogP contribution in [0.5, 0.6) is 0 Å². The van der Waals surface area contributed by atoms with Gasteiger partial charge in [0.05, 0.1) is 13.2 Å². The molecule has 4 nitrogen and oxygen atoms in total. The molecule has 0 radical (unpaired) electrons. The van der Waals surface area contributed by atoms with Gasteiger partial charge in [0, 0.05) is 29.4 Å². The summed E-state index contributed by atoms with van der Waals surface area (Å²) in [4.78, 5) is 14.2. The van der Waals surface area contributed by atoms with Crippen LogP contribution in [-0.2, 0) is 0 Å². The number of hydrogen-bond donors (Lipinski definition) is 2. The van der Waals surface area contributed by atoms with Crippen LogP contribution in [0.2, 0.25) is 5.02 Å². The summed E-state index contributed by atoms with van der Waals surface area (Å²) in [7, 11) is 0. The van der Waals surface area contributed by atoms with Gasteiger partial charge in [-0.05, 0) is 35.9 Å². The van der Waals surface area contributed by atoms with Crippen molar-refractivity contribution in [3.8, 4) is 0 Å². The molecule has 0 unspecified atom stereocenters. The smallest absolute Gasteiger partial charge is 0.185 e. The van der Waals surface area contributed by atoms with E-state index in [1.807, 2.05) is 29.2 Å². The maximum atomic E-state index is 12.4. The third kappa shape index (κ3) is 4.93. The first-order valence-corrected chi connectivity index (χ1v) is 8.07. The van der Waals surface area contributed by atoms with E-state index in [1.54, 1.807) is 30.3 Å². The minimum atomic E-state index is -0.135. The molecule has 2 aromatic carbocycles. The van der Waals surface area contributed by atoms with E-state index in [-0.39, 0.29) is 19.0 Å². The normalized spacial score (nSPS) is 11.0. The summed E-state index contributed by atoms with van der Waals surface area (Å²) in [5, 5.41) is 18.8. The number of halogens is 1. The highest BCUT2D eigenvalue weighted by Gasteiger charge is 2.09. The zero-order valence-electron chi connectivity index (χ0n) is 13.2. The monoisotopic (exact) mass is 345 g/mol. The van der Waals surface area contributed by atoms with Gasteiger partial charge in [-0.25, -0.2) is 0 Å². The van der Waals surface area contributed by atoms with Gasteiger partial charge in [0.25, 0.3) is 0 Å². The highest BCUT2D eigenvalue weighted by molar-refractivity contribution is 6.32. The lowest BCUT2D eigenvalue weighted by Crippen LogP contribution is -2.29. The van der Waals surface area contributed by atoms with Gasteiger partial charge in [0.15, 0.2) is 5.78 Å². The zero-order valence-corrected chi connectivity index (χ0v) is 14.0. The Morgan fingerprint density at radius 2 is 1.75 bits per heavy atom. The Bertz CT molecular complexity index is 709. The average molecular weight is 346 g/mol.